The number of carbonyl (C=O) groups excluding carboxylic acids is 1. The van der Waals surface area contributed by atoms with Crippen LogP contribution in [0.25, 0.3) is 0 Å². The number of esters is 1. The Labute approximate surface area is 99.1 Å². The van der Waals surface area contributed by atoms with Gasteiger partial charge in [-0.2, -0.15) is 0 Å². The summed E-state index contributed by atoms with van der Waals surface area (Å²) in [6.45, 7) is -0.354. The molecule has 0 aliphatic rings. The fourth-order valence-electron chi connectivity index (χ4n) is 1.14. The van der Waals surface area contributed by atoms with Crippen LogP contribution in [0.5, 0.6) is 11.5 Å². The molecule has 1 rings (SSSR count). The van der Waals surface area contributed by atoms with Gasteiger partial charge in [-0.25, -0.2) is 9.78 Å². The van der Waals surface area contributed by atoms with Crippen molar-refractivity contribution in [3.63, 3.8) is 0 Å². The highest BCUT2D eigenvalue weighted by molar-refractivity contribution is 5.91. The van der Waals surface area contributed by atoms with Crippen molar-refractivity contribution in [3.8, 4) is 11.5 Å². The predicted octanol–water partition coefficient (Wildman–Crippen LogP) is 0.931. The summed E-state index contributed by atoms with van der Waals surface area (Å²) in [6.07, 6.45) is -4.14. The maximum Gasteiger partial charge on any atom is 0.573 e. The number of halogens is 3. The van der Waals surface area contributed by atoms with Crippen molar-refractivity contribution in [3.05, 3.63) is 17.5 Å². The number of aromatic nitrogens is 1. The highest BCUT2D eigenvalue weighted by Gasteiger charge is 2.35. The third kappa shape index (κ3) is 3.00. The zero-order valence-electron chi connectivity index (χ0n) is 9.11. The first-order valence-electron chi connectivity index (χ1n) is 4.55. The van der Waals surface area contributed by atoms with Crippen LogP contribution in [-0.2, 0) is 11.3 Å². The van der Waals surface area contributed by atoms with Gasteiger partial charge in [-0.15, -0.1) is 13.2 Å². The average molecular weight is 266 g/mol. The molecule has 0 aliphatic carbocycles. The molecule has 0 unspecified atom stereocenters. The fourth-order valence-corrected chi connectivity index (χ4v) is 1.14. The Bertz CT molecular complexity index is 462. The molecule has 18 heavy (non-hydrogen) atoms. The van der Waals surface area contributed by atoms with Crippen molar-refractivity contribution in [1.29, 1.82) is 0 Å². The second kappa shape index (κ2) is 5.08. The first-order valence-corrected chi connectivity index (χ1v) is 4.55. The van der Waals surface area contributed by atoms with Crippen molar-refractivity contribution in [2.45, 2.75) is 12.9 Å². The highest BCUT2D eigenvalue weighted by atomic mass is 19.4. The van der Waals surface area contributed by atoms with E-state index >= 15 is 0 Å². The number of carbonyl (C=O) groups is 1. The summed E-state index contributed by atoms with van der Waals surface area (Å²) in [7, 11) is 0.991. The van der Waals surface area contributed by atoms with Crippen molar-refractivity contribution in [2.24, 2.45) is 5.73 Å². The number of nitrogens with zero attached hydrogens (tertiary/aromatic N) is 1. The Morgan fingerprint density at radius 3 is 2.61 bits per heavy atom. The van der Waals surface area contributed by atoms with Gasteiger partial charge in [0, 0.05) is 18.3 Å². The third-order valence-corrected chi connectivity index (χ3v) is 1.90. The summed E-state index contributed by atoms with van der Waals surface area (Å²) in [5.74, 6) is -3.12. The second-order valence-corrected chi connectivity index (χ2v) is 3.05. The first-order chi connectivity index (χ1) is 8.30. The zero-order valence-corrected chi connectivity index (χ0v) is 9.11. The van der Waals surface area contributed by atoms with Gasteiger partial charge < -0.3 is 20.3 Å². The van der Waals surface area contributed by atoms with Crippen LogP contribution in [0.1, 0.15) is 16.1 Å². The number of aromatic hydroxyl groups is 1. The lowest BCUT2D eigenvalue weighted by Gasteiger charge is -2.14. The van der Waals surface area contributed by atoms with Gasteiger partial charge in [0.1, 0.15) is 0 Å². The number of pyridine rings is 1. The van der Waals surface area contributed by atoms with Crippen LogP contribution in [0, 0.1) is 0 Å². The molecule has 1 aromatic rings. The van der Waals surface area contributed by atoms with Crippen LogP contribution in [0.3, 0.4) is 0 Å². The van der Waals surface area contributed by atoms with Crippen LogP contribution < -0.4 is 10.5 Å². The van der Waals surface area contributed by atoms with Crippen LogP contribution in [0.2, 0.25) is 0 Å². The van der Waals surface area contributed by atoms with Crippen molar-refractivity contribution in [1.82, 2.24) is 4.98 Å². The minimum atomic E-state index is -5.03. The molecule has 0 amide bonds. The molecule has 0 saturated carbocycles. The molecule has 0 fully saturated rings. The van der Waals surface area contributed by atoms with Gasteiger partial charge in [-0.1, -0.05) is 0 Å². The molecule has 0 atom stereocenters. The molecule has 9 heteroatoms. The van der Waals surface area contributed by atoms with E-state index in [9.17, 15) is 23.1 Å². The van der Waals surface area contributed by atoms with Gasteiger partial charge >= 0.3 is 12.3 Å². The normalized spacial score (nSPS) is 11.2. The maximum atomic E-state index is 12.1. The maximum absolute atomic E-state index is 12.1. The van der Waals surface area contributed by atoms with E-state index in [1.54, 1.807) is 0 Å². The molecule has 6 nitrogen and oxygen atoms in total. The van der Waals surface area contributed by atoms with E-state index in [0.717, 1.165) is 13.3 Å². The Morgan fingerprint density at radius 2 is 2.17 bits per heavy atom. The van der Waals surface area contributed by atoms with E-state index < -0.39 is 29.5 Å². The topological polar surface area (TPSA) is 94.7 Å². The molecule has 100 valence electrons. The monoisotopic (exact) mass is 266 g/mol. The SMILES string of the molecule is COC(=O)c1ncc(CN)c(OC(F)(F)F)c1O. The van der Waals surface area contributed by atoms with Gasteiger partial charge in [0.2, 0.25) is 0 Å². The largest absolute Gasteiger partial charge is 0.573 e. The lowest BCUT2D eigenvalue weighted by atomic mass is 10.2. The summed E-state index contributed by atoms with van der Waals surface area (Å²) in [5, 5.41) is 9.52. The van der Waals surface area contributed by atoms with Gasteiger partial charge in [0.05, 0.1) is 7.11 Å². The summed E-state index contributed by atoms with van der Waals surface area (Å²) >= 11 is 0. The van der Waals surface area contributed by atoms with Crippen molar-refractivity contribution >= 4 is 5.97 Å². The summed E-state index contributed by atoms with van der Waals surface area (Å²) in [6, 6.07) is 0. The van der Waals surface area contributed by atoms with E-state index in [1.807, 2.05) is 0 Å². The summed E-state index contributed by atoms with van der Waals surface area (Å²) in [5.41, 5.74) is 4.30. The summed E-state index contributed by atoms with van der Waals surface area (Å²) < 4.78 is 44.3. The number of hydrogen-bond donors (Lipinski definition) is 2. The Kier molecular flexibility index (Phi) is 3.96. The fraction of sp³-hybridized carbons (Fsp3) is 0.333. The predicted molar refractivity (Wildman–Crippen MR) is 51.8 cm³/mol. The molecule has 0 aliphatic heterocycles. The number of ether oxygens (including phenoxy) is 2. The lowest BCUT2D eigenvalue weighted by Crippen LogP contribution is -2.20. The van der Waals surface area contributed by atoms with E-state index in [4.69, 9.17) is 5.73 Å². The van der Waals surface area contributed by atoms with Gasteiger partial charge in [0.25, 0.3) is 0 Å². The number of methoxy groups -OCH3 is 1. The van der Waals surface area contributed by atoms with Crippen LogP contribution in [-0.4, -0.2) is 29.5 Å². The average Bonchev–Trinajstić information content (AvgIpc) is 2.29. The molecule has 1 heterocycles. The minimum absolute atomic E-state index is 0.197. The van der Waals surface area contributed by atoms with E-state index in [0.29, 0.717) is 0 Å². The third-order valence-electron chi connectivity index (χ3n) is 1.90. The van der Waals surface area contributed by atoms with Gasteiger partial charge in [-0.3, -0.25) is 0 Å². The lowest BCUT2D eigenvalue weighted by molar-refractivity contribution is -0.275. The number of rotatable bonds is 3. The molecule has 0 radical (unpaired) electrons. The van der Waals surface area contributed by atoms with Gasteiger partial charge in [0.15, 0.2) is 17.2 Å². The smallest absolute Gasteiger partial charge is 0.503 e. The first kappa shape index (κ1) is 14.0. The molecule has 0 spiro atoms. The molecule has 3 N–H and O–H groups in total. The molecule has 0 bridgehead atoms. The number of hydrogen-bond acceptors (Lipinski definition) is 6. The van der Waals surface area contributed by atoms with Gasteiger partial charge in [-0.05, 0) is 0 Å². The minimum Gasteiger partial charge on any atom is -0.503 e. The Balaban J connectivity index is 3.31. The molecule has 0 aromatic carbocycles. The molecular weight excluding hydrogens is 257 g/mol. The van der Waals surface area contributed by atoms with Crippen molar-refractivity contribution < 1.29 is 32.5 Å². The highest BCUT2D eigenvalue weighted by Crippen LogP contribution is 2.36. The van der Waals surface area contributed by atoms with Crippen molar-refractivity contribution in [2.75, 3.05) is 7.11 Å². The molecule has 1 aromatic heterocycles. The summed E-state index contributed by atoms with van der Waals surface area (Å²) in [4.78, 5) is 14.6. The van der Waals surface area contributed by atoms with Crippen LogP contribution >= 0.6 is 0 Å². The van der Waals surface area contributed by atoms with E-state index in [2.05, 4.69) is 14.5 Å². The standard InChI is InChI=1S/C9H9F3N2O4/c1-17-8(16)5-6(15)7(18-9(10,11)12)4(2-13)3-14-5/h3,15H,2,13H2,1H3. The molecule has 0 saturated heterocycles. The van der Waals surface area contributed by atoms with E-state index in [1.165, 1.54) is 0 Å². The Morgan fingerprint density at radius 1 is 1.56 bits per heavy atom. The van der Waals surface area contributed by atoms with Crippen LogP contribution in [0.4, 0.5) is 13.2 Å². The second-order valence-electron chi connectivity index (χ2n) is 3.05. The quantitative estimate of drug-likeness (QED) is 0.790. The zero-order chi connectivity index (χ0) is 13.9. The number of nitrogens with two attached hydrogens (primary N) is 1. The van der Waals surface area contributed by atoms with Crippen LogP contribution in [0.15, 0.2) is 6.20 Å². The molecular formula is C9H9F3N2O4. The number of alkyl halides is 3. The Hall–Kier alpha value is -2.03. The van der Waals surface area contributed by atoms with E-state index in [-0.39, 0.29) is 12.1 Å².